The van der Waals surface area contributed by atoms with Crippen molar-refractivity contribution in [2.75, 3.05) is 31.9 Å². The van der Waals surface area contributed by atoms with E-state index in [0.717, 1.165) is 119 Å². The minimum atomic E-state index is -1.46. The van der Waals surface area contributed by atoms with Gasteiger partial charge in [0.05, 0.1) is 67.9 Å². The molecule has 0 atom stereocenters. The minimum Gasteiger partial charge on any atom is -0.487 e. The van der Waals surface area contributed by atoms with E-state index < -0.39 is 31.9 Å². The molecule has 0 saturated heterocycles. The Labute approximate surface area is 859 Å². The molecule has 136 heavy (non-hydrogen) atoms. The van der Waals surface area contributed by atoms with Gasteiger partial charge in [0, 0.05) is 126 Å². The van der Waals surface area contributed by atoms with Crippen LogP contribution in [0.5, 0.6) is 5.75 Å². The van der Waals surface area contributed by atoms with Crippen LogP contribution in [0.2, 0.25) is 35.2 Å². The number of ether oxygens (including phenoxy) is 1. The molecule has 0 fully saturated rings. The van der Waals surface area contributed by atoms with Crippen LogP contribution in [0.4, 0.5) is 34.1 Å². The Bertz CT molecular complexity index is 5870. The first-order chi connectivity index (χ1) is 68.8. The van der Waals surface area contributed by atoms with E-state index in [2.05, 4.69) is 94.5 Å². The maximum absolute atomic E-state index is 8.33. The molecule has 14 rings (SSSR count). The van der Waals surface area contributed by atoms with Crippen LogP contribution in [0.3, 0.4) is 0 Å². The van der Waals surface area contributed by atoms with Gasteiger partial charge in [-0.1, -0.05) is 208 Å². The molecule has 16 nitrogen and oxygen atoms in total. The van der Waals surface area contributed by atoms with E-state index in [1.807, 2.05) is 256 Å². The smallest absolute Gasteiger partial charge is 0.213 e. The summed E-state index contributed by atoms with van der Waals surface area (Å²) in [6.07, 6.45) is 10.1. The molecule has 0 aliphatic heterocycles. The average molecular weight is 1980 g/mol. The molecule has 0 spiro atoms. The highest BCUT2D eigenvalue weighted by Crippen LogP contribution is 2.33. The molecule has 0 amide bonds. The number of aryl methyl sites for hydroxylation is 5. The number of nitrogens with one attached hydrogen (secondary N) is 6. The van der Waals surface area contributed by atoms with E-state index in [1.54, 1.807) is 85.4 Å². The highest BCUT2D eigenvalue weighted by molar-refractivity contribution is 6.32. The molecule has 23 heteroatoms. The van der Waals surface area contributed by atoms with Gasteiger partial charge in [0.1, 0.15) is 24.4 Å². The molecule has 0 aliphatic carbocycles. The van der Waals surface area contributed by atoms with Gasteiger partial charge >= 0.3 is 0 Å². The topological polar surface area (TPSA) is 198 Å². The molecule has 14 aromatic rings. The molecular weight excluding hydrogens is 1840 g/mol. The van der Waals surface area contributed by atoms with Crippen LogP contribution in [0, 0.1) is 76.0 Å². The SMILES string of the molecule is CC(C)Cc1cc(Cl)ccc1NCc1ncco1.Cc1ccc(COc2ccc(Cl)cc2CC(C)C)nc1.[2H]C([2H])(c1cc(Cl)ccc1NCc1ccc(C)cn1)C(C)C.[2H]C([2H])(c1cc(Cl)ccc1NCc1ccc(C)cn1)C(C)C.[2H]C([2H])(c1cc(Cl)ccc1NCc1ccc(C)cn1)C(C)C.[2H]C([2H])(c1cc(Cl)ccc1NCc1ccc(C)nc1)C(C)C.[2H]C([2H])(c1cc(Cl)ccc1NCc1cnco1)C(C)C. The lowest BCUT2D eigenvalue weighted by atomic mass is 10.0. The minimum absolute atomic E-state index is 0.146. The monoisotopic (exact) mass is 1980 g/mol. The van der Waals surface area contributed by atoms with Gasteiger partial charge in [-0.3, -0.25) is 24.9 Å². The standard InChI is InChI=1S/4C17H21ClN2.C17H20ClNO.2C14H17ClN2O/c3*1-12(2)8-14-9-15(18)5-7-17(14)20-11-16-6-4-13(3)10-19-16;1-12(2)8-15-9-16(18)6-7-17(15)20-11-14-5-4-13(3)19-10-14;1-12(2)8-14-9-15(18)5-7-17(14)20-11-16-6-4-13(3)10-19-16;1-10(2)5-11-6-12(15)3-4-14(11)17-8-13-7-16-9-18-13;1-10(2)7-11-8-12(15)3-4-13(11)17-9-14-16-5-6-18-14/h4*4-7,9-10,12,20H,8,11H2,1-3H3;4-7,9-10,12H,8,11H2,1-3H3;3-4,6-7,9-10,17H,5,8H2,1-2H3;3-6,8,10,17H,7,9H2,1-2H3/i4*8D2;;5D2;. The zero-order valence-electron chi connectivity index (χ0n) is 91.5. The van der Waals surface area contributed by atoms with Crippen molar-refractivity contribution < 1.29 is 27.3 Å². The van der Waals surface area contributed by atoms with Gasteiger partial charge in [0.25, 0.3) is 0 Å². The number of hydrogen-bond acceptors (Lipinski definition) is 16. The molecule has 0 radical (unpaired) electrons. The van der Waals surface area contributed by atoms with Gasteiger partial charge < -0.3 is 45.5 Å². The van der Waals surface area contributed by atoms with Crippen LogP contribution in [0.25, 0.3) is 0 Å². The molecule has 6 N–H and O–H groups in total. The van der Waals surface area contributed by atoms with E-state index in [4.69, 9.17) is 108 Å². The Morgan fingerprint density at radius 3 is 0.941 bits per heavy atom. The molecule has 0 bridgehead atoms. The molecule has 0 saturated carbocycles. The van der Waals surface area contributed by atoms with Crippen molar-refractivity contribution in [2.45, 2.75) is 222 Å². The van der Waals surface area contributed by atoms with Crippen LogP contribution in [-0.4, -0.2) is 34.9 Å². The Hall–Kier alpha value is -10.7. The zero-order valence-corrected chi connectivity index (χ0v) is 86.8. The van der Waals surface area contributed by atoms with Gasteiger partial charge in [-0.15, -0.1) is 0 Å². The summed E-state index contributed by atoms with van der Waals surface area (Å²) in [5.74, 6) is 2.66. The fraction of sp³-hybridized carbons (Fsp3) is 0.354. The fourth-order valence-electron chi connectivity index (χ4n) is 13.1. The lowest BCUT2D eigenvalue weighted by Crippen LogP contribution is -2.05. The summed E-state index contributed by atoms with van der Waals surface area (Å²) in [5, 5.41) is 23.8. The molecule has 7 heterocycles. The molecule has 7 aromatic heterocycles. The molecule has 7 aromatic carbocycles. The number of halogens is 7. The summed E-state index contributed by atoms with van der Waals surface area (Å²) in [7, 11) is 0. The number of benzene rings is 7. The van der Waals surface area contributed by atoms with Gasteiger partial charge in [0.2, 0.25) is 5.89 Å². The zero-order chi connectivity index (χ0) is 108. The van der Waals surface area contributed by atoms with E-state index in [1.165, 1.54) is 12.0 Å². The first-order valence-electron chi connectivity index (χ1n) is 50.8. The third-order valence-corrected chi connectivity index (χ3v) is 21.1. The molecular formula is C113H138Cl7N13O3. The van der Waals surface area contributed by atoms with Crippen molar-refractivity contribution in [3.05, 3.63) is 386 Å². The highest BCUT2D eigenvalue weighted by atomic mass is 35.5. The van der Waals surface area contributed by atoms with Crippen molar-refractivity contribution in [3.8, 4) is 5.75 Å². The van der Waals surface area contributed by atoms with Crippen molar-refractivity contribution >= 4 is 115 Å². The molecule has 722 valence electrons. The highest BCUT2D eigenvalue weighted by Gasteiger charge is 2.16. The number of nitrogens with zero attached hydrogens (tertiary/aromatic N) is 7. The van der Waals surface area contributed by atoms with Crippen molar-refractivity contribution in [1.29, 1.82) is 0 Å². The quantitative estimate of drug-likeness (QED) is 0.0219. The van der Waals surface area contributed by atoms with Gasteiger partial charge in [-0.05, 0) is 345 Å². The lowest BCUT2D eigenvalue weighted by molar-refractivity contribution is 0.297. The summed E-state index contributed by atoms with van der Waals surface area (Å²) < 4.78 is 99.3. The fourth-order valence-corrected chi connectivity index (χ4v) is 14.3. The third-order valence-electron chi connectivity index (χ3n) is 19.4. The number of oxazole rings is 2. The normalized spacial score (nSPS) is 12.5. The number of anilines is 6. The van der Waals surface area contributed by atoms with Gasteiger partial charge in [0.15, 0.2) is 6.39 Å². The van der Waals surface area contributed by atoms with Gasteiger partial charge in [-0.25, -0.2) is 9.97 Å². The largest absolute Gasteiger partial charge is 0.487 e. The van der Waals surface area contributed by atoms with E-state index in [-0.39, 0.29) is 29.6 Å². The first kappa shape index (κ1) is 95.6. The summed E-state index contributed by atoms with van der Waals surface area (Å²) in [4.78, 5) is 29.6. The van der Waals surface area contributed by atoms with Crippen molar-refractivity contribution in [1.82, 2.24) is 34.9 Å². The molecule has 0 aliphatic rings. The Kier molecular flexibility index (Phi) is 41.4. The van der Waals surface area contributed by atoms with E-state index in [9.17, 15) is 0 Å². The average Bonchev–Trinajstić information content (AvgIpc) is 1.07. The van der Waals surface area contributed by atoms with Crippen LogP contribution >= 0.6 is 81.2 Å². The summed E-state index contributed by atoms with van der Waals surface area (Å²) >= 11 is 42.3. The Morgan fingerprint density at radius 1 is 0.301 bits per heavy atom. The van der Waals surface area contributed by atoms with Crippen molar-refractivity contribution in [3.63, 3.8) is 0 Å². The second-order valence-electron chi connectivity index (χ2n) is 35.1. The first-order valence-corrected chi connectivity index (χ1v) is 48.4. The number of rotatable bonds is 35. The second-order valence-corrected chi connectivity index (χ2v) is 38.2. The summed E-state index contributed by atoms with van der Waals surface area (Å²) in [6, 6.07) is 58.1. The van der Waals surface area contributed by atoms with E-state index >= 15 is 0 Å². The van der Waals surface area contributed by atoms with Crippen LogP contribution in [0.1, 0.15) is 218 Å². The molecule has 0 unspecified atom stereocenters. The summed E-state index contributed by atoms with van der Waals surface area (Å²) in [6.45, 7) is 41.1. The predicted molar refractivity (Wildman–Crippen MR) is 576 cm³/mol. The summed E-state index contributed by atoms with van der Waals surface area (Å²) in [5.41, 5.74) is 20.3. The maximum Gasteiger partial charge on any atom is 0.213 e. The lowest BCUT2D eigenvalue weighted by Gasteiger charge is -2.14. The Balaban J connectivity index is 0.000000208. The number of pyridine rings is 5. The Morgan fingerprint density at radius 2 is 0.625 bits per heavy atom. The van der Waals surface area contributed by atoms with Crippen molar-refractivity contribution in [2.24, 2.45) is 41.4 Å². The van der Waals surface area contributed by atoms with Crippen LogP contribution in [0.15, 0.2) is 253 Å². The van der Waals surface area contributed by atoms with Gasteiger partial charge in [-0.2, -0.15) is 0 Å². The number of aromatic nitrogens is 7. The van der Waals surface area contributed by atoms with Crippen LogP contribution in [-0.2, 0) is 90.6 Å². The third kappa shape index (κ3) is 42.9. The second kappa shape index (κ2) is 58.8. The van der Waals surface area contributed by atoms with E-state index in [0.29, 0.717) is 128 Å². The van der Waals surface area contributed by atoms with Crippen LogP contribution < -0.4 is 36.6 Å². The maximum atomic E-state index is 8.33. The number of hydrogen-bond donors (Lipinski definition) is 6. The predicted octanol–water partition coefficient (Wildman–Crippen LogP) is 32.5.